The fourth-order valence-corrected chi connectivity index (χ4v) is 9.54. The van der Waals surface area contributed by atoms with Crippen molar-refractivity contribution in [2.45, 2.75) is 149 Å². The molecule has 4 heteroatoms. The van der Waals surface area contributed by atoms with Gasteiger partial charge in [-0.3, -0.25) is 0 Å². The first-order valence-corrected chi connectivity index (χ1v) is 20.5. The summed E-state index contributed by atoms with van der Waals surface area (Å²) < 4.78 is 33.4. The molecule has 3 fully saturated rings. The van der Waals surface area contributed by atoms with Crippen LogP contribution in [0.3, 0.4) is 0 Å². The maximum atomic E-state index is 9.79. The van der Waals surface area contributed by atoms with Gasteiger partial charge in [-0.05, 0) is 111 Å². The van der Waals surface area contributed by atoms with Crippen LogP contribution in [0.4, 0.5) is 0 Å². The van der Waals surface area contributed by atoms with Crippen molar-refractivity contribution in [2.75, 3.05) is 6.58 Å². The van der Waals surface area contributed by atoms with Gasteiger partial charge in [-0.15, -0.1) is 0 Å². The average Bonchev–Trinajstić information content (AvgIpc) is 3.01. The molecule has 0 bridgehead atoms. The molecule has 0 aromatic rings. The van der Waals surface area contributed by atoms with Crippen molar-refractivity contribution in [1.82, 2.24) is 0 Å². The summed E-state index contributed by atoms with van der Waals surface area (Å²) in [7, 11) is -4.12. The molecule has 0 N–H and O–H groups in total. The van der Waals surface area contributed by atoms with Crippen LogP contribution in [0.25, 0.3) is 0 Å². The van der Waals surface area contributed by atoms with E-state index >= 15 is 0 Å². The maximum absolute atomic E-state index is 9.79. The third-order valence-electron chi connectivity index (χ3n) is 11.9. The van der Waals surface area contributed by atoms with Crippen LogP contribution in [0.2, 0.25) is 36.3 Å². The Bertz CT molecular complexity index is 904. The average molecular weight is 521 g/mol. The van der Waals surface area contributed by atoms with E-state index in [2.05, 4.69) is 80.7 Å². The SMILES string of the molecule is [2H][C@H](O[Si](C)(C)C(C)(C)C)[C@]12CCCCC1=CC[C@@H]1[C@@H]2CC[C@@]2(C)[C@H]1CC[C@]2([2H])O[Si](C)(C)C(C)(C)C. The molecule has 202 valence electrons. The van der Waals surface area contributed by atoms with Crippen LogP contribution in [-0.2, 0) is 8.85 Å². The van der Waals surface area contributed by atoms with Crippen LogP contribution in [-0.4, -0.2) is 29.3 Å². The van der Waals surface area contributed by atoms with E-state index in [1.165, 1.54) is 12.8 Å². The van der Waals surface area contributed by atoms with E-state index in [1.54, 1.807) is 5.57 Å². The summed E-state index contributed by atoms with van der Waals surface area (Å²) in [6, 6.07) is 0. The predicted octanol–water partition coefficient (Wildman–Crippen LogP) is 9.73. The zero-order valence-corrected chi connectivity index (χ0v) is 27.1. The molecule has 3 saturated carbocycles. The molecular formula is C31H58O2Si2. The molecular weight excluding hydrogens is 461 g/mol. The van der Waals surface area contributed by atoms with Crippen LogP contribution in [0.5, 0.6) is 0 Å². The first kappa shape index (κ1) is 25.4. The van der Waals surface area contributed by atoms with Crippen molar-refractivity contribution in [1.29, 1.82) is 0 Å². The number of allylic oxidation sites excluding steroid dienone is 1. The Morgan fingerprint density at radius 1 is 0.943 bits per heavy atom. The zero-order chi connectivity index (χ0) is 27.9. The molecule has 0 saturated heterocycles. The molecule has 0 heterocycles. The first-order chi connectivity index (χ1) is 16.7. The topological polar surface area (TPSA) is 18.5 Å². The third kappa shape index (κ3) is 4.74. The van der Waals surface area contributed by atoms with E-state index < -0.39 is 29.3 Å². The normalized spacial score (nSPS) is 42.3. The van der Waals surface area contributed by atoms with Gasteiger partial charge >= 0.3 is 0 Å². The lowest BCUT2D eigenvalue weighted by Crippen LogP contribution is -2.55. The number of fused-ring (bicyclic) bond motifs is 5. The summed E-state index contributed by atoms with van der Waals surface area (Å²) >= 11 is 0. The van der Waals surface area contributed by atoms with E-state index in [-0.39, 0.29) is 20.9 Å². The predicted molar refractivity (Wildman–Crippen MR) is 156 cm³/mol. The highest BCUT2D eigenvalue weighted by Crippen LogP contribution is 2.66. The van der Waals surface area contributed by atoms with Crippen molar-refractivity contribution in [3.05, 3.63) is 11.6 Å². The van der Waals surface area contributed by atoms with E-state index in [4.69, 9.17) is 8.85 Å². The van der Waals surface area contributed by atoms with Crippen molar-refractivity contribution in [3.8, 4) is 0 Å². The quantitative estimate of drug-likeness (QED) is 0.265. The van der Waals surface area contributed by atoms with Crippen molar-refractivity contribution < 1.29 is 11.6 Å². The molecule has 7 atom stereocenters. The highest BCUT2D eigenvalue weighted by Gasteiger charge is 2.61. The molecule has 0 spiro atoms. The molecule has 0 unspecified atom stereocenters. The molecule has 0 aromatic carbocycles. The summed E-state index contributed by atoms with van der Waals surface area (Å²) in [5.41, 5.74) is 1.31. The van der Waals surface area contributed by atoms with E-state index in [0.717, 1.165) is 44.9 Å². The van der Waals surface area contributed by atoms with E-state index in [0.29, 0.717) is 17.8 Å². The number of hydrogen-bond acceptors (Lipinski definition) is 2. The maximum Gasteiger partial charge on any atom is 0.192 e. The lowest BCUT2D eigenvalue weighted by Gasteiger charge is -2.59. The lowest BCUT2D eigenvalue weighted by molar-refractivity contribution is -0.0782. The van der Waals surface area contributed by atoms with Gasteiger partial charge in [-0.1, -0.05) is 66.5 Å². The second kappa shape index (κ2) is 9.09. The summed E-state index contributed by atoms with van der Waals surface area (Å²) in [6.07, 6.45) is 11.8. The number of hydrogen-bond donors (Lipinski definition) is 0. The van der Waals surface area contributed by atoms with Gasteiger partial charge in [-0.2, -0.15) is 0 Å². The highest BCUT2D eigenvalue weighted by atomic mass is 28.4. The van der Waals surface area contributed by atoms with Crippen LogP contribution >= 0.6 is 0 Å². The zero-order valence-electron chi connectivity index (χ0n) is 27.1. The minimum atomic E-state index is -2.06. The van der Waals surface area contributed by atoms with Crippen LogP contribution in [0, 0.1) is 28.6 Å². The summed E-state index contributed by atoms with van der Waals surface area (Å²) in [5, 5.41) is 0.221. The van der Waals surface area contributed by atoms with Gasteiger partial charge in [0.2, 0.25) is 0 Å². The molecule has 4 aliphatic carbocycles. The molecule has 0 aromatic heterocycles. The summed E-state index contributed by atoms with van der Waals surface area (Å²) in [4.78, 5) is 0. The Hall–Kier alpha value is 0.0938. The van der Waals surface area contributed by atoms with Gasteiger partial charge in [0.1, 0.15) is 0 Å². The molecule has 35 heavy (non-hydrogen) atoms. The minimum Gasteiger partial charge on any atom is -0.416 e. The Labute approximate surface area is 223 Å². The molecule has 2 nitrogen and oxygen atoms in total. The molecule has 0 aliphatic heterocycles. The summed E-state index contributed by atoms with van der Waals surface area (Å²) in [6.45, 7) is 25.0. The monoisotopic (exact) mass is 520 g/mol. The molecule has 4 aliphatic rings. The fourth-order valence-electron chi connectivity index (χ4n) is 7.43. The highest BCUT2D eigenvalue weighted by molar-refractivity contribution is 6.74. The largest absolute Gasteiger partial charge is 0.416 e. The number of rotatable bonds is 5. The first-order valence-electron chi connectivity index (χ1n) is 15.8. The van der Waals surface area contributed by atoms with Gasteiger partial charge in [0.05, 0.1) is 8.82 Å². The molecule has 0 amide bonds. The van der Waals surface area contributed by atoms with E-state index in [9.17, 15) is 2.74 Å². The second-order valence-corrected chi connectivity index (χ2v) is 25.3. The standard InChI is InChI=1S/C31H58O2Si2/c1-28(2,3)34(8,9)32-22-31-20-13-12-14-23(31)15-16-24-25-17-18-27(30(25,7)21-19-26(24)31)33-35(10,11)29(4,5)6/h15,24-27H,12-14,16-22H2,1-11H3/t24-,25-,26-,27-,30-,31+/m0/s1/i22D,27D/t22-,24-,25-,26-,27-,30-,31+. The Kier molecular flexibility index (Phi) is 6.59. The molecule has 0 radical (unpaired) electrons. The third-order valence-corrected chi connectivity index (χ3v) is 20.6. The Morgan fingerprint density at radius 2 is 1.60 bits per heavy atom. The van der Waals surface area contributed by atoms with Crippen molar-refractivity contribution in [2.24, 2.45) is 28.6 Å². The van der Waals surface area contributed by atoms with Crippen molar-refractivity contribution in [3.63, 3.8) is 0 Å². The second-order valence-electron chi connectivity index (χ2n) is 15.9. The Balaban J connectivity index is 1.68. The lowest BCUT2D eigenvalue weighted by atomic mass is 9.47. The fraction of sp³-hybridized carbons (Fsp3) is 0.935. The van der Waals surface area contributed by atoms with Crippen LogP contribution in [0.1, 0.15) is 109 Å². The van der Waals surface area contributed by atoms with Gasteiger partial charge in [0.15, 0.2) is 16.6 Å². The van der Waals surface area contributed by atoms with Gasteiger partial charge < -0.3 is 8.85 Å². The minimum absolute atomic E-state index is 0.108. The van der Waals surface area contributed by atoms with Gasteiger partial charge in [0, 0.05) is 12.0 Å². The van der Waals surface area contributed by atoms with Crippen LogP contribution < -0.4 is 0 Å². The van der Waals surface area contributed by atoms with E-state index in [1.807, 2.05) is 0 Å². The summed E-state index contributed by atoms with van der Waals surface area (Å²) in [5.74, 6) is 1.56. The van der Waals surface area contributed by atoms with Gasteiger partial charge in [0.25, 0.3) is 0 Å². The smallest absolute Gasteiger partial charge is 0.192 e. The van der Waals surface area contributed by atoms with Crippen LogP contribution in [0.15, 0.2) is 11.6 Å². The molecule has 4 rings (SSSR count). The van der Waals surface area contributed by atoms with Gasteiger partial charge in [-0.25, -0.2) is 0 Å². The Morgan fingerprint density at radius 3 is 2.23 bits per heavy atom. The van der Waals surface area contributed by atoms with Crippen molar-refractivity contribution >= 4 is 16.6 Å².